The molecule has 0 saturated carbocycles. The molecule has 0 aliphatic rings. The Morgan fingerprint density at radius 2 is 2.08 bits per heavy atom. The molecule has 0 heterocycles. The van der Waals surface area contributed by atoms with E-state index in [9.17, 15) is 0 Å². The molecule has 0 aromatic rings. The van der Waals surface area contributed by atoms with Crippen LogP contribution in [0.15, 0.2) is 0 Å². The van der Waals surface area contributed by atoms with E-state index < -0.39 is 0 Å². The molecular weight excluding hydrogens is 150 g/mol. The second-order valence-electron chi connectivity index (χ2n) is 3.40. The van der Waals surface area contributed by atoms with Crippen LogP contribution in [0.5, 0.6) is 0 Å². The smallest absolute Gasteiger partial charge is 0.00978 e. The minimum atomic E-state index is 0.704. The van der Waals surface area contributed by atoms with Crippen molar-refractivity contribution < 1.29 is 0 Å². The fourth-order valence-corrected chi connectivity index (χ4v) is 1.12. The van der Waals surface area contributed by atoms with Crippen molar-refractivity contribution in [2.75, 3.05) is 20.1 Å². The monoisotopic (exact) mass is 173 g/mol. The first kappa shape index (κ1) is 11.9. The molecule has 0 rings (SSSR count). The van der Waals surface area contributed by atoms with Crippen LogP contribution in [0.25, 0.3) is 0 Å². The summed E-state index contributed by atoms with van der Waals surface area (Å²) in [4.78, 5) is 2.40. The van der Waals surface area contributed by atoms with Gasteiger partial charge in [0.1, 0.15) is 0 Å². The van der Waals surface area contributed by atoms with Crippen LogP contribution in [0.1, 0.15) is 33.1 Å². The number of hydrazine groups is 1. The molecule has 0 radical (unpaired) electrons. The number of unbranched alkanes of at least 4 members (excludes halogenated alkanes) is 1. The number of rotatable bonds is 7. The maximum atomic E-state index is 5.17. The average molecular weight is 173 g/mol. The summed E-state index contributed by atoms with van der Waals surface area (Å²) >= 11 is 0. The van der Waals surface area contributed by atoms with Crippen LogP contribution in [-0.2, 0) is 0 Å². The number of nitrogens with one attached hydrogen (secondary N) is 1. The van der Waals surface area contributed by atoms with E-state index in [1.807, 2.05) is 0 Å². The third kappa shape index (κ3) is 5.52. The summed E-state index contributed by atoms with van der Waals surface area (Å²) in [6, 6.07) is 0.704. The molecule has 0 fully saturated rings. The van der Waals surface area contributed by atoms with Gasteiger partial charge in [0.15, 0.2) is 0 Å². The molecular formula is C9H23N3. The van der Waals surface area contributed by atoms with Crippen LogP contribution in [0.2, 0.25) is 0 Å². The molecule has 3 heteroatoms. The van der Waals surface area contributed by atoms with Gasteiger partial charge in [-0.25, -0.2) is 0 Å². The van der Waals surface area contributed by atoms with Crippen LogP contribution in [-0.4, -0.2) is 31.1 Å². The van der Waals surface area contributed by atoms with Crippen molar-refractivity contribution in [3.05, 3.63) is 0 Å². The van der Waals surface area contributed by atoms with Crippen LogP contribution in [0.4, 0.5) is 0 Å². The molecule has 74 valence electrons. The summed E-state index contributed by atoms with van der Waals surface area (Å²) in [6.07, 6.45) is 3.62. The van der Waals surface area contributed by atoms with Gasteiger partial charge in [0.25, 0.3) is 0 Å². The summed E-state index contributed by atoms with van der Waals surface area (Å²) in [5.74, 6) is 5.17. The highest BCUT2D eigenvalue weighted by Gasteiger charge is 2.04. The number of nitrogens with zero attached hydrogens (tertiary/aromatic N) is 1. The van der Waals surface area contributed by atoms with Crippen LogP contribution in [0, 0.1) is 0 Å². The van der Waals surface area contributed by atoms with Gasteiger partial charge in [0.2, 0.25) is 0 Å². The van der Waals surface area contributed by atoms with E-state index >= 15 is 0 Å². The van der Waals surface area contributed by atoms with Crippen LogP contribution < -0.4 is 11.3 Å². The Hall–Kier alpha value is -0.120. The summed E-state index contributed by atoms with van der Waals surface area (Å²) in [5.41, 5.74) is 2.67. The quantitative estimate of drug-likeness (QED) is 0.342. The lowest BCUT2D eigenvalue weighted by Crippen LogP contribution is -2.30. The highest BCUT2D eigenvalue weighted by atomic mass is 15.2. The maximum absolute atomic E-state index is 5.17. The third-order valence-corrected chi connectivity index (χ3v) is 2.43. The zero-order valence-electron chi connectivity index (χ0n) is 8.64. The van der Waals surface area contributed by atoms with Crippen molar-refractivity contribution >= 4 is 0 Å². The third-order valence-electron chi connectivity index (χ3n) is 2.43. The van der Waals surface area contributed by atoms with Crippen molar-refractivity contribution in [1.82, 2.24) is 10.3 Å². The average Bonchev–Trinajstić information content (AvgIpc) is 2.10. The minimum Gasteiger partial charge on any atom is -0.304 e. The van der Waals surface area contributed by atoms with Gasteiger partial charge < -0.3 is 4.90 Å². The molecule has 0 amide bonds. The first-order valence-electron chi connectivity index (χ1n) is 4.86. The van der Waals surface area contributed by atoms with Crippen molar-refractivity contribution in [1.29, 1.82) is 0 Å². The number of nitrogens with two attached hydrogens (primary N) is 1. The van der Waals surface area contributed by atoms with Gasteiger partial charge >= 0.3 is 0 Å². The predicted octanol–water partition coefficient (Wildman–Crippen LogP) is 0.960. The molecule has 12 heavy (non-hydrogen) atoms. The van der Waals surface area contributed by atoms with Crippen molar-refractivity contribution in [2.45, 2.75) is 39.2 Å². The van der Waals surface area contributed by atoms with Gasteiger partial charge in [-0.2, -0.15) is 0 Å². The summed E-state index contributed by atoms with van der Waals surface area (Å²) < 4.78 is 0. The van der Waals surface area contributed by atoms with E-state index in [0.717, 1.165) is 13.0 Å². The molecule has 0 unspecified atom stereocenters. The number of hydrogen-bond acceptors (Lipinski definition) is 3. The molecule has 0 aromatic heterocycles. The molecule has 3 nitrogen and oxygen atoms in total. The van der Waals surface area contributed by atoms with E-state index in [4.69, 9.17) is 5.84 Å². The van der Waals surface area contributed by atoms with Crippen molar-refractivity contribution in [3.8, 4) is 0 Å². The molecule has 0 bridgehead atoms. The van der Waals surface area contributed by atoms with E-state index in [1.54, 1.807) is 0 Å². The first-order chi connectivity index (χ1) is 5.72. The van der Waals surface area contributed by atoms with E-state index in [0.29, 0.717) is 6.04 Å². The largest absolute Gasteiger partial charge is 0.304 e. The standard InChI is InChI=1S/C9H23N3/c1-4-9(2)12(3)8-6-5-7-11-10/h9,11H,4-8,10H2,1-3H3/t9-/m0/s1. The van der Waals surface area contributed by atoms with E-state index in [-0.39, 0.29) is 0 Å². The molecule has 1 atom stereocenters. The van der Waals surface area contributed by atoms with Gasteiger partial charge in [0.05, 0.1) is 0 Å². The van der Waals surface area contributed by atoms with Gasteiger partial charge in [-0.1, -0.05) is 6.92 Å². The Bertz CT molecular complexity index is 95.8. The van der Waals surface area contributed by atoms with Gasteiger partial charge in [0, 0.05) is 12.6 Å². The Labute approximate surface area is 76.3 Å². The fraction of sp³-hybridized carbons (Fsp3) is 1.00. The zero-order chi connectivity index (χ0) is 9.40. The minimum absolute atomic E-state index is 0.704. The topological polar surface area (TPSA) is 41.3 Å². The van der Waals surface area contributed by atoms with Crippen molar-refractivity contribution in [2.24, 2.45) is 5.84 Å². The summed E-state index contributed by atoms with van der Waals surface area (Å²) in [7, 11) is 2.18. The normalized spacial score (nSPS) is 13.8. The Morgan fingerprint density at radius 3 is 2.58 bits per heavy atom. The Morgan fingerprint density at radius 1 is 1.42 bits per heavy atom. The second-order valence-corrected chi connectivity index (χ2v) is 3.40. The maximum Gasteiger partial charge on any atom is 0.00978 e. The lowest BCUT2D eigenvalue weighted by molar-refractivity contribution is 0.247. The first-order valence-corrected chi connectivity index (χ1v) is 4.86. The summed E-state index contributed by atoms with van der Waals surface area (Å²) in [6.45, 7) is 6.59. The van der Waals surface area contributed by atoms with E-state index in [1.165, 1.54) is 19.4 Å². The molecule has 0 aromatic carbocycles. The van der Waals surface area contributed by atoms with Gasteiger partial charge in [-0.05, 0) is 39.8 Å². The van der Waals surface area contributed by atoms with Crippen molar-refractivity contribution in [3.63, 3.8) is 0 Å². The van der Waals surface area contributed by atoms with E-state index in [2.05, 4.69) is 31.2 Å². The van der Waals surface area contributed by atoms with Crippen LogP contribution >= 0.6 is 0 Å². The second kappa shape index (κ2) is 7.53. The SMILES string of the molecule is CC[C@H](C)N(C)CCCCNN. The molecule has 3 N–H and O–H groups in total. The molecule has 0 saturated heterocycles. The molecule has 0 aliphatic carbocycles. The zero-order valence-corrected chi connectivity index (χ0v) is 8.64. The Kier molecular flexibility index (Phi) is 7.45. The lowest BCUT2D eigenvalue weighted by Gasteiger charge is -2.23. The molecule has 0 aliphatic heterocycles. The highest BCUT2D eigenvalue weighted by Crippen LogP contribution is 2.01. The lowest BCUT2D eigenvalue weighted by atomic mass is 10.2. The summed E-state index contributed by atoms with van der Waals surface area (Å²) in [5, 5.41) is 0. The van der Waals surface area contributed by atoms with Gasteiger partial charge in [-0.3, -0.25) is 11.3 Å². The highest BCUT2D eigenvalue weighted by molar-refractivity contribution is 4.60. The number of hydrogen-bond donors (Lipinski definition) is 2. The predicted molar refractivity (Wildman–Crippen MR) is 53.8 cm³/mol. The molecule has 0 spiro atoms. The van der Waals surface area contributed by atoms with Crippen LogP contribution in [0.3, 0.4) is 0 Å². The Balaban J connectivity index is 3.24. The van der Waals surface area contributed by atoms with Gasteiger partial charge in [-0.15, -0.1) is 0 Å². The fourth-order valence-electron chi connectivity index (χ4n) is 1.12.